The van der Waals surface area contributed by atoms with E-state index < -0.39 is 0 Å². The van der Waals surface area contributed by atoms with Crippen LogP contribution in [0.3, 0.4) is 0 Å². The molecule has 0 bridgehead atoms. The van der Waals surface area contributed by atoms with Crippen molar-refractivity contribution < 1.29 is 0 Å². The largest absolute Gasteiger partial charge is 0.317 e. The molecule has 15 heavy (non-hydrogen) atoms. The predicted octanol–water partition coefficient (Wildman–Crippen LogP) is 2.89. The molecular formula is C13H30N2. The third-order valence-electron chi connectivity index (χ3n) is 2.95. The van der Waals surface area contributed by atoms with Crippen LogP contribution in [0.4, 0.5) is 0 Å². The van der Waals surface area contributed by atoms with Gasteiger partial charge in [0.1, 0.15) is 0 Å². The van der Waals surface area contributed by atoms with E-state index in [1.165, 1.54) is 51.7 Å². The van der Waals surface area contributed by atoms with E-state index in [0.29, 0.717) is 6.04 Å². The molecule has 2 heteroatoms. The average molecular weight is 214 g/mol. The van der Waals surface area contributed by atoms with Crippen molar-refractivity contribution in [2.24, 2.45) is 0 Å². The highest BCUT2D eigenvalue weighted by molar-refractivity contribution is 4.58. The Bertz CT molecular complexity index is 124. The Morgan fingerprint density at radius 3 is 2.27 bits per heavy atom. The summed E-state index contributed by atoms with van der Waals surface area (Å²) >= 11 is 0. The van der Waals surface area contributed by atoms with Crippen LogP contribution in [0.25, 0.3) is 0 Å². The molecule has 0 aromatic rings. The second-order valence-electron chi connectivity index (χ2n) is 4.74. The van der Waals surface area contributed by atoms with Crippen LogP contribution in [0.15, 0.2) is 0 Å². The van der Waals surface area contributed by atoms with Gasteiger partial charge in [0.2, 0.25) is 0 Å². The molecule has 2 nitrogen and oxygen atoms in total. The lowest BCUT2D eigenvalue weighted by atomic mass is 10.2. The first-order valence-electron chi connectivity index (χ1n) is 6.59. The fourth-order valence-electron chi connectivity index (χ4n) is 1.51. The molecule has 0 unspecified atom stereocenters. The van der Waals surface area contributed by atoms with E-state index in [2.05, 4.69) is 38.0 Å². The van der Waals surface area contributed by atoms with E-state index in [1.807, 2.05) is 0 Å². The molecule has 0 heterocycles. The van der Waals surface area contributed by atoms with Gasteiger partial charge in [0, 0.05) is 6.04 Å². The Morgan fingerprint density at radius 1 is 1.00 bits per heavy atom. The van der Waals surface area contributed by atoms with Crippen LogP contribution in [-0.2, 0) is 0 Å². The zero-order chi connectivity index (χ0) is 11.5. The second kappa shape index (κ2) is 10.4. The van der Waals surface area contributed by atoms with Crippen LogP contribution in [-0.4, -0.2) is 37.6 Å². The van der Waals surface area contributed by atoms with Gasteiger partial charge < -0.3 is 10.2 Å². The highest BCUT2D eigenvalue weighted by Gasteiger charge is 2.01. The average Bonchev–Trinajstić information content (AvgIpc) is 2.21. The third kappa shape index (κ3) is 10.2. The molecule has 0 amide bonds. The second-order valence-corrected chi connectivity index (χ2v) is 4.74. The molecule has 0 aliphatic carbocycles. The molecule has 1 N–H and O–H groups in total. The normalized spacial score (nSPS) is 11.6. The van der Waals surface area contributed by atoms with Crippen molar-refractivity contribution in [2.75, 3.05) is 26.7 Å². The lowest BCUT2D eigenvalue weighted by Gasteiger charge is -2.20. The van der Waals surface area contributed by atoms with Crippen molar-refractivity contribution in [1.82, 2.24) is 10.2 Å². The fraction of sp³-hybridized carbons (Fsp3) is 1.00. The van der Waals surface area contributed by atoms with Crippen LogP contribution in [0.5, 0.6) is 0 Å². The Morgan fingerprint density at radius 2 is 1.67 bits per heavy atom. The van der Waals surface area contributed by atoms with Gasteiger partial charge >= 0.3 is 0 Å². The van der Waals surface area contributed by atoms with E-state index in [4.69, 9.17) is 0 Å². The molecule has 0 radical (unpaired) electrons. The molecule has 0 aromatic heterocycles. The summed E-state index contributed by atoms with van der Waals surface area (Å²) in [5, 5.41) is 3.51. The number of nitrogens with zero attached hydrogens (tertiary/aromatic N) is 1. The topological polar surface area (TPSA) is 15.3 Å². The van der Waals surface area contributed by atoms with Gasteiger partial charge in [-0.05, 0) is 53.4 Å². The molecule has 0 aliphatic rings. The molecule has 0 rings (SSSR count). The van der Waals surface area contributed by atoms with Gasteiger partial charge in [0.25, 0.3) is 0 Å². The number of rotatable bonds is 10. The van der Waals surface area contributed by atoms with E-state index in [1.54, 1.807) is 0 Å². The summed E-state index contributed by atoms with van der Waals surface area (Å²) in [4.78, 5) is 2.40. The molecular weight excluding hydrogens is 184 g/mol. The summed E-state index contributed by atoms with van der Waals surface area (Å²) in [5.74, 6) is 0. The molecule has 0 atom stereocenters. The minimum Gasteiger partial charge on any atom is -0.317 e. The van der Waals surface area contributed by atoms with Crippen LogP contribution >= 0.6 is 0 Å². The first-order chi connectivity index (χ1) is 7.18. The highest BCUT2D eigenvalue weighted by atomic mass is 15.1. The van der Waals surface area contributed by atoms with Gasteiger partial charge in [-0.3, -0.25) is 0 Å². The Kier molecular flexibility index (Phi) is 10.4. The summed E-state index contributed by atoms with van der Waals surface area (Å²) < 4.78 is 0. The Balaban J connectivity index is 3.05. The van der Waals surface area contributed by atoms with Gasteiger partial charge in [-0.25, -0.2) is 0 Å². The predicted molar refractivity (Wildman–Crippen MR) is 69.4 cm³/mol. The monoisotopic (exact) mass is 214 g/mol. The van der Waals surface area contributed by atoms with E-state index in [9.17, 15) is 0 Å². The third-order valence-corrected chi connectivity index (χ3v) is 2.95. The molecule has 0 spiro atoms. The SMILES string of the molecule is CCCCCCNCCCN(C)C(C)C. The minimum atomic E-state index is 0.676. The van der Waals surface area contributed by atoms with Crippen molar-refractivity contribution in [1.29, 1.82) is 0 Å². The van der Waals surface area contributed by atoms with Crippen LogP contribution < -0.4 is 5.32 Å². The first kappa shape index (κ1) is 14.9. The van der Waals surface area contributed by atoms with Gasteiger partial charge in [0.15, 0.2) is 0 Å². The van der Waals surface area contributed by atoms with Crippen molar-refractivity contribution in [3.05, 3.63) is 0 Å². The fourth-order valence-corrected chi connectivity index (χ4v) is 1.51. The van der Waals surface area contributed by atoms with Gasteiger partial charge in [0.05, 0.1) is 0 Å². The zero-order valence-corrected chi connectivity index (χ0v) is 11.2. The van der Waals surface area contributed by atoms with E-state index >= 15 is 0 Å². The molecule has 0 aromatic carbocycles. The Hall–Kier alpha value is -0.0800. The van der Waals surface area contributed by atoms with Crippen molar-refractivity contribution in [3.8, 4) is 0 Å². The molecule has 0 saturated carbocycles. The van der Waals surface area contributed by atoms with Gasteiger partial charge in [-0.1, -0.05) is 26.2 Å². The first-order valence-corrected chi connectivity index (χ1v) is 6.59. The van der Waals surface area contributed by atoms with Gasteiger partial charge in [-0.15, -0.1) is 0 Å². The summed E-state index contributed by atoms with van der Waals surface area (Å²) in [6, 6.07) is 0.676. The summed E-state index contributed by atoms with van der Waals surface area (Å²) in [6.07, 6.45) is 6.71. The van der Waals surface area contributed by atoms with Crippen molar-refractivity contribution >= 4 is 0 Å². The number of unbranched alkanes of at least 4 members (excludes halogenated alkanes) is 3. The lowest BCUT2D eigenvalue weighted by molar-refractivity contribution is 0.269. The molecule has 0 saturated heterocycles. The smallest absolute Gasteiger partial charge is 0.00355 e. The molecule has 92 valence electrons. The zero-order valence-electron chi connectivity index (χ0n) is 11.2. The van der Waals surface area contributed by atoms with Crippen LogP contribution in [0.1, 0.15) is 52.9 Å². The number of nitrogens with one attached hydrogen (secondary N) is 1. The van der Waals surface area contributed by atoms with E-state index in [0.717, 1.165) is 0 Å². The lowest BCUT2D eigenvalue weighted by Crippen LogP contribution is -2.29. The minimum absolute atomic E-state index is 0.676. The summed E-state index contributed by atoms with van der Waals surface area (Å²) in [6.45, 7) is 10.3. The molecule has 0 fully saturated rings. The number of hydrogen-bond acceptors (Lipinski definition) is 2. The summed E-state index contributed by atoms with van der Waals surface area (Å²) in [7, 11) is 2.20. The van der Waals surface area contributed by atoms with Gasteiger partial charge in [-0.2, -0.15) is 0 Å². The quantitative estimate of drug-likeness (QED) is 0.563. The van der Waals surface area contributed by atoms with Crippen molar-refractivity contribution in [2.45, 2.75) is 58.9 Å². The molecule has 0 aliphatic heterocycles. The summed E-state index contributed by atoms with van der Waals surface area (Å²) in [5.41, 5.74) is 0. The van der Waals surface area contributed by atoms with Crippen LogP contribution in [0.2, 0.25) is 0 Å². The van der Waals surface area contributed by atoms with Crippen LogP contribution in [0, 0.1) is 0 Å². The van der Waals surface area contributed by atoms with E-state index in [-0.39, 0.29) is 0 Å². The maximum absolute atomic E-state index is 3.51. The highest BCUT2D eigenvalue weighted by Crippen LogP contribution is 1.97. The maximum Gasteiger partial charge on any atom is 0.00355 e. The Labute approximate surface area is 96.4 Å². The standard InChI is InChI=1S/C13H30N2/c1-5-6-7-8-10-14-11-9-12-15(4)13(2)3/h13-14H,5-12H2,1-4H3. The number of hydrogen-bond donors (Lipinski definition) is 1. The van der Waals surface area contributed by atoms with Crippen molar-refractivity contribution in [3.63, 3.8) is 0 Å². The maximum atomic E-state index is 3.51.